The highest BCUT2D eigenvalue weighted by Crippen LogP contribution is 2.17. The fourth-order valence-electron chi connectivity index (χ4n) is 1.42. The Morgan fingerprint density at radius 3 is 3.00 bits per heavy atom. The van der Waals surface area contributed by atoms with Crippen molar-refractivity contribution < 1.29 is 9.53 Å². The quantitative estimate of drug-likeness (QED) is 0.577. The molecular weight excluding hydrogens is 278 g/mol. The summed E-state index contributed by atoms with van der Waals surface area (Å²) in [7, 11) is 1.59. The van der Waals surface area contributed by atoms with Crippen LogP contribution in [0.4, 0.5) is 0 Å². The van der Waals surface area contributed by atoms with E-state index in [4.69, 9.17) is 4.74 Å². The van der Waals surface area contributed by atoms with Crippen molar-refractivity contribution in [2.24, 2.45) is 0 Å². The predicted octanol–water partition coefficient (Wildman–Crippen LogP) is 0.721. The lowest BCUT2D eigenvalue weighted by Gasteiger charge is -2.02. The van der Waals surface area contributed by atoms with Gasteiger partial charge < -0.3 is 10.1 Å². The molecule has 8 heteroatoms. The van der Waals surface area contributed by atoms with Crippen molar-refractivity contribution in [3.63, 3.8) is 0 Å². The van der Waals surface area contributed by atoms with E-state index >= 15 is 0 Å². The average molecular weight is 293 g/mol. The van der Waals surface area contributed by atoms with Crippen LogP contribution in [-0.2, 0) is 9.53 Å². The van der Waals surface area contributed by atoms with Crippen LogP contribution in [0.3, 0.4) is 0 Å². The first kappa shape index (κ1) is 14.5. The highest BCUT2D eigenvalue weighted by Gasteiger charge is 2.08. The van der Waals surface area contributed by atoms with Gasteiger partial charge in [0.1, 0.15) is 0 Å². The molecule has 2 heterocycles. The molecule has 1 amide bonds. The summed E-state index contributed by atoms with van der Waals surface area (Å²) in [6.07, 6.45) is 3.38. The van der Waals surface area contributed by atoms with E-state index < -0.39 is 0 Å². The maximum Gasteiger partial charge on any atom is 0.230 e. The molecule has 0 saturated heterocycles. The average Bonchev–Trinajstić information content (AvgIpc) is 2.95. The second kappa shape index (κ2) is 7.61. The SMILES string of the molecule is COCCNC(=O)CSc1n[nH]c(-c2ccncc2)n1. The molecule has 0 aliphatic heterocycles. The van der Waals surface area contributed by atoms with E-state index in [0.29, 0.717) is 24.1 Å². The van der Waals surface area contributed by atoms with E-state index in [1.807, 2.05) is 12.1 Å². The van der Waals surface area contributed by atoms with Gasteiger partial charge in [-0.25, -0.2) is 4.98 Å². The number of carbonyl (C=O) groups is 1. The van der Waals surface area contributed by atoms with Crippen LogP contribution in [-0.4, -0.2) is 52.1 Å². The van der Waals surface area contributed by atoms with Gasteiger partial charge in [-0.2, -0.15) is 0 Å². The highest BCUT2D eigenvalue weighted by molar-refractivity contribution is 7.99. The van der Waals surface area contributed by atoms with E-state index in [0.717, 1.165) is 5.56 Å². The highest BCUT2D eigenvalue weighted by atomic mass is 32.2. The van der Waals surface area contributed by atoms with Gasteiger partial charge in [0.2, 0.25) is 11.1 Å². The van der Waals surface area contributed by atoms with Gasteiger partial charge in [0.25, 0.3) is 0 Å². The van der Waals surface area contributed by atoms with Crippen molar-refractivity contribution in [2.45, 2.75) is 5.16 Å². The fraction of sp³-hybridized carbons (Fsp3) is 0.333. The number of methoxy groups -OCH3 is 1. The lowest BCUT2D eigenvalue weighted by molar-refractivity contribution is -0.118. The number of amides is 1. The summed E-state index contributed by atoms with van der Waals surface area (Å²) in [4.78, 5) is 19.8. The number of aromatic nitrogens is 4. The topological polar surface area (TPSA) is 92.8 Å². The molecule has 2 rings (SSSR count). The van der Waals surface area contributed by atoms with Crippen molar-refractivity contribution in [1.29, 1.82) is 0 Å². The maximum absolute atomic E-state index is 11.5. The van der Waals surface area contributed by atoms with Crippen molar-refractivity contribution in [3.8, 4) is 11.4 Å². The Kier molecular flexibility index (Phi) is 5.51. The van der Waals surface area contributed by atoms with Crippen molar-refractivity contribution in [3.05, 3.63) is 24.5 Å². The number of pyridine rings is 1. The van der Waals surface area contributed by atoms with Crippen LogP contribution in [0.1, 0.15) is 0 Å². The third kappa shape index (κ3) is 4.32. The molecule has 2 N–H and O–H groups in total. The van der Waals surface area contributed by atoms with E-state index in [-0.39, 0.29) is 11.7 Å². The summed E-state index contributed by atoms with van der Waals surface area (Å²) < 4.78 is 4.85. The third-order valence-corrected chi connectivity index (χ3v) is 3.23. The molecule has 0 unspecified atom stereocenters. The number of ether oxygens (including phenoxy) is 1. The molecule has 2 aromatic heterocycles. The molecule has 7 nitrogen and oxygen atoms in total. The number of hydrogen-bond acceptors (Lipinski definition) is 6. The van der Waals surface area contributed by atoms with Gasteiger partial charge in [0.15, 0.2) is 5.82 Å². The van der Waals surface area contributed by atoms with Gasteiger partial charge in [-0.1, -0.05) is 11.8 Å². The second-order valence-corrected chi connectivity index (χ2v) is 4.78. The molecule has 0 fully saturated rings. The zero-order valence-corrected chi connectivity index (χ0v) is 11.8. The zero-order valence-electron chi connectivity index (χ0n) is 11.0. The van der Waals surface area contributed by atoms with Crippen molar-refractivity contribution >= 4 is 17.7 Å². The number of nitrogens with zero attached hydrogens (tertiary/aromatic N) is 3. The van der Waals surface area contributed by atoms with Gasteiger partial charge in [0, 0.05) is 31.6 Å². The minimum atomic E-state index is -0.0673. The Hall–Kier alpha value is -1.93. The zero-order chi connectivity index (χ0) is 14.2. The predicted molar refractivity (Wildman–Crippen MR) is 75.2 cm³/mol. The van der Waals surface area contributed by atoms with Crippen LogP contribution < -0.4 is 5.32 Å². The molecular formula is C12H15N5O2S. The third-order valence-electron chi connectivity index (χ3n) is 2.38. The Labute approximate surface area is 120 Å². The van der Waals surface area contributed by atoms with Gasteiger partial charge in [-0.05, 0) is 12.1 Å². The van der Waals surface area contributed by atoms with Crippen molar-refractivity contribution in [1.82, 2.24) is 25.5 Å². The molecule has 2 aromatic rings. The molecule has 0 bridgehead atoms. The molecule has 0 saturated carbocycles. The van der Waals surface area contributed by atoms with E-state index in [1.165, 1.54) is 11.8 Å². The first-order valence-corrected chi connectivity index (χ1v) is 6.99. The summed E-state index contributed by atoms with van der Waals surface area (Å²) in [6.45, 7) is 1.01. The number of thioether (sulfide) groups is 1. The van der Waals surface area contributed by atoms with Crippen molar-refractivity contribution in [2.75, 3.05) is 26.0 Å². The molecule has 0 aliphatic carbocycles. The molecule has 0 aromatic carbocycles. The summed E-state index contributed by atoms with van der Waals surface area (Å²) in [6, 6.07) is 3.68. The van der Waals surface area contributed by atoms with Crippen LogP contribution in [0.15, 0.2) is 29.7 Å². The molecule has 106 valence electrons. The monoisotopic (exact) mass is 293 g/mol. The maximum atomic E-state index is 11.5. The molecule has 0 atom stereocenters. The Morgan fingerprint density at radius 2 is 2.25 bits per heavy atom. The standard InChI is InChI=1S/C12H15N5O2S/c1-19-7-6-14-10(18)8-20-12-15-11(16-17-12)9-2-4-13-5-3-9/h2-5H,6-8H2,1H3,(H,14,18)(H,15,16,17). The first-order valence-electron chi connectivity index (χ1n) is 6.01. The van der Waals surface area contributed by atoms with Gasteiger partial charge >= 0.3 is 0 Å². The summed E-state index contributed by atoms with van der Waals surface area (Å²) in [5.74, 6) is 0.870. The molecule has 0 aliphatic rings. The van der Waals surface area contributed by atoms with E-state index in [9.17, 15) is 4.79 Å². The molecule has 0 radical (unpaired) electrons. The van der Waals surface area contributed by atoms with E-state index in [2.05, 4.69) is 25.5 Å². The minimum absolute atomic E-state index is 0.0673. The number of hydrogen-bond donors (Lipinski definition) is 2. The number of nitrogens with one attached hydrogen (secondary N) is 2. The minimum Gasteiger partial charge on any atom is -0.383 e. The van der Waals surface area contributed by atoms with E-state index in [1.54, 1.807) is 19.5 Å². The summed E-state index contributed by atoms with van der Waals surface area (Å²) >= 11 is 1.28. The smallest absolute Gasteiger partial charge is 0.230 e. The van der Waals surface area contributed by atoms with Gasteiger partial charge in [0.05, 0.1) is 12.4 Å². The lowest BCUT2D eigenvalue weighted by Crippen LogP contribution is -2.28. The number of rotatable bonds is 7. The largest absolute Gasteiger partial charge is 0.383 e. The Morgan fingerprint density at radius 1 is 1.45 bits per heavy atom. The number of H-pyrrole nitrogens is 1. The Balaban J connectivity index is 1.83. The fourth-order valence-corrected chi connectivity index (χ4v) is 2.05. The summed E-state index contributed by atoms with van der Waals surface area (Å²) in [5, 5.41) is 10.2. The van der Waals surface area contributed by atoms with Crippen LogP contribution in [0.25, 0.3) is 11.4 Å². The normalized spacial score (nSPS) is 10.4. The van der Waals surface area contributed by atoms with Gasteiger partial charge in [-0.15, -0.1) is 5.10 Å². The van der Waals surface area contributed by atoms with Gasteiger partial charge in [-0.3, -0.25) is 14.9 Å². The van der Waals surface area contributed by atoms with Crippen LogP contribution in [0.5, 0.6) is 0 Å². The lowest BCUT2D eigenvalue weighted by atomic mass is 10.3. The second-order valence-electron chi connectivity index (χ2n) is 3.83. The summed E-state index contributed by atoms with van der Waals surface area (Å²) in [5.41, 5.74) is 0.906. The number of aromatic amines is 1. The number of carbonyl (C=O) groups excluding carboxylic acids is 1. The van der Waals surface area contributed by atoms with Crippen LogP contribution >= 0.6 is 11.8 Å². The van der Waals surface area contributed by atoms with Crippen LogP contribution in [0.2, 0.25) is 0 Å². The van der Waals surface area contributed by atoms with Crippen LogP contribution in [0, 0.1) is 0 Å². The Bertz CT molecular complexity index is 546. The first-order chi connectivity index (χ1) is 9.79. The molecule has 0 spiro atoms. The molecule has 20 heavy (non-hydrogen) atoms.